The maximum absolute atomic E-state index is 12.5. The zero-order chi connectivity index (χ0) is 20.7. The van der Waals surface area contributed by atoms with E-state index in [0.717, 1.165) is 12.8 Å². The molecule has 0 radical (unpaired) electrons. The molecule has 1 amide bonds. The maximum atomic E-state index is 12.5. The number of unbranched alkanes of at least 4 members (excludes halogenated alkanes) is 1. The van der Waals surface area contributed by atoms with E-state index in [4.69, 9.17) is 4.74 Å². The summed E-state index contributed by atoms with van der Waals surface area (Å²) in [7, 11) is -2.04. The van der Waals surface area contributed by atoms with Crippen molar-refractivity contribution in [3.8, 4) is 0 Å². The molecule has 1 heterocycles. The summed E-state index contributed by atoms with van der Waals surface area (Å²) >= 11 is 1.21. The predicted molar refractivity (Wildman–Crippen MR) is 109 cm³/mol. The molecule has 1 aromatic carbocycles. The van der Waals surface area contributed by atoms with E-state index < -0.39 is 21.9 Å². The molecule has 0 spiro atoms. The highest BCUT2D eigenvalue weighted by atomic mass is 32.2. The summed E-state index contributed by atoms with van der Waals surface area (Å²) in [4.78, 5) is 24.5. The maximum Gasteiger partial charge on any atom is 0.341 e. The van der Waals surface area contributed by atoms with E-state index in [1.54, 1.807) is 25.4 Å². The van der Waals surface area contributed by atoms with Gasteiger partial charge in [-0.2, -0.15) is 0 Å². The molecule has 0 bridgehead atoms. The zero-order valence-electron chi connectivity index (χ0n) is 16.1. The Hall–Kier alpha value is -2.23. The zero-order valence-corrected chi connectivity index (χ0v) is 17.7. The van der Waals surface area contributed by atoms with Gasteiger partial charge in [0.25, 0.3) is 5.91 Å². The minimum absolute atomic E-state index is 0.131. The van der Waals surface area contributed by atoms with E-state index in [1.807, 2.05) is 6.92 Å². The number of benzene rings is 1. The molecule has 0 aliphatic heterocycles. The number of thiophene rings is 1. The van der Waals surface area contributed by atoms with Crippen LogP contribution < -0.4 is 5.32 Å². The molecule has 0 fully saturated rings. The van der Waals surface area contributed by atoms with Crippen LogP contribution in [0, 0.1) is 0 Å². The Bertz CT molecular complexity index is 920. The SMILES string of the molecule is CCCCN(C)S(=O)(=O)c1ccc(C(=O)Nc2sccc2C(=O)OCC)cc1. The van der Waals surface area contributed by atoms with Crippen LogP contribution in [0.5, 0.6) is 0 Å². The third-order valence-corrected chi connectivity index (χ3v) is 6.74. The van der Waals surface area contributed by atoms with Crippen molar-refractivity contribution in [3.05, 3.63) is 46.8 Å². The van der Waals surface area contributed by atoms with Gasteiger partial charge in [-0.3, -0.25) is 4.79 Å². The van der Waals surface area contributed by atoms with Gasteiger partial charge in [0.05, 0.1) is 17.1 Å². The number of nitrogens with zero attached hydrogens (tertiary/aromatic N) is 1. The molecule has 0 saturated heterocycles. The quantitative estimate of drug-likeness (QED) is 0.621. The van der Waals surface area contributed by atoms with Gasteiger partial charge in [-0.1, -0.05) is 13.3 Å². The fourth-order valence-corrected chi connectivity index (χ4v) is 4.39. The third-order valence-electron chi connectivity index (χ3n) is 4.04. The molecular formula is C19H24N2O5S2. The van der Waals surface area contributed by atoms with Crippen molar-refractivity contribution < 1.29 is 22.7 Å². The predicted octanol–water partition coefficient (Wildman–Crippen LogP) is 3.60. The second kappa shape index (κ2) is 9.81. The second-order valence-corrected chi connectivity index (χ2v) is 9.00. The molecule has 28 heavy (non-hydrogen) atoms. The first kappa shape index (κ1) is 22.1. The second-order valence-electron chi connectivity index (χ2n) is 6.04. The lowest BCUT2D eigenvalue weighted by Gasteiger charge is -2.17. The number of sulfonamides is 1. The first-order chi connectivity index (χ1) is 13.3. The summed E-state index contributed by atoms with van der Waals surface area (Å²) < 4.78 is 31.3. The first-order valence-electron chi connectivity index (χ1n) is 8.93. The number of carbonyl (C=O) groups is 2. The summed E-state index contributed by atoms with van der Waals surface area (Å²) in [5, 5.41) is 4.75. The standard InChI is InChI=1S/C19H24N2O5S2/c1-4-6-12-21(3)28(24,25)15-9-7-14(8-10-15)17(22)20-18-16(11-13-27-18)19(23)26-5-2/h7-11,13H,4-6,12H2,1-3H3,(H,20,22). The number of hydrogen-bond acceptors (Lipinski definition) is 6. The molecule has 0 atom stereocenters. The molecule has 0 aliphatic rings. The van der Waals surface area contributed by atoms with E-state index in [0.29, 0.717) is 17.1 Å². The molecule has 1 N–H and O–H groups in total. The van der Waals surface area contributed by atoms with Crippen molar-refractivity contribution in [1.82, 2.24) is 4.31 Å². The Morgan fingerprint density at radius 1 is 1.14 bits per heavy atom. The highest BCUT2D eigenvalue weighted by molar-refractivity contribution is 7.89. The van der Waals surface area contributed by atoms with Gasteiger partial charge in [-0.25, -0.2) is 17.5 Å². The summed E-state index contributed by atoms with van der Waals surface area (Å²) in [5.74, 6) is -0.938. The molecule has 2 aromatic rings. The Labute approximate surface area is 169 Å². The average Bonchev–Trinajstić information content (AvgIpc) is 3.14. The van der Waals surface area contributed by atoms with E-state index in [2.05, 4.69) is 5.32 Å². The van der Waals surface area contributed by atoms with E-state index in [-0.39, 0.29) is 17.1 Å². The van der Waals surface area contributed by atoms with Crippen molar-refractivity contribution in [2.45, 2.75) is 31.6 Å². The molecular weight excluding hydrogens is 400 g/mol. The number of rotatable bonds is 9. The number of nitrogens with one attached hydrogen (secondary N) is 1. The van der Waals surface area contributed by atoms with Crippen LogP contribution in [0.25, 0.3) is 0 Å². The van der Waals surface area contributed by atoms with Crippen LogP contribution in [0.4, 0.5) is 5.00 Å². The molecule has 0 unspecified atom stereocenters. The minimum Gasteiger partial charge on any atom is -0.462 e. The van der Waals surface area contributed by atoms with Crippen molar-refractivity contribution in [2.24, 2.45) is 0 Å². The highest BCUT2D eigenvalue weighted by Crippen LogP contribution is 2.25. The summed E-state index contributed by atoms with van der Waals surface area (Å²) in [6.07, 6.45) is 1.68. The molecule has 2 rings (SSSR count). The number of ether oxygens (including phenoxy) is 1. The number of anilines is 1. The smallest absolute Gasteiger partial charge is 0.341 e. The Kier molecular flexibility index (Phi) is 7.73. The van der Waals surface area contributed by atoms with Crippen molar-refractivity contribution >= 4 is 38.2 Å². The summed E-state index contributed by atoms with van der Waals surface area (Å²) in [6, 6.07) is 7.31. The third kappa shape index (κ3) is 5.18. The molecule has 0 aliphatic carbocycles. The number of esters is 1. The van der Waals surface area contributed by atoms with E-state index in [1.165, 1.54) is 39.9 Å². The Morgan fingerprint density at radius 3 is 2.43 bits per heavy atom. The van der Waals surface area contributed by atoms with Gasteiger partial charge < -0.3 is 10.1 Å². The van der Waals surface area contributed by atoms with Gasteiger partial charge >= 0.3 is 5.97 Å². The first-order valence-corrected chi connectivity index (χ1v) is 11.3. The van der Waals surface area contributed by atoms with Crippen LogP contribution in [0.2, 0.25) is 0 Å². The van der Waals surface area contributed by atoms with Crippen molar-refractivity contribution in [2.75, 3.05) is 25.5 Å². The van der Waals surface area contributed by atoms with Gasteiger partial charge in [0.2, 0.25) is 10.0 Å². The largest absolute Gasteiger partial charge is 0.462 e. The van der Waals surface area contributed by atoms with Gasteiger partial charge in [-0.15, -0.1) is 11.3 Å². The van der Waals surface area contributed by atoms with Crippen LogP contribution in [0.1, 0.15) is 47.4 Å². The van der Waals surface area contributed by atoms with E-state index in [9.17, 15) is 18.0 Å². The van der Waals surface area contributed by atoms with Gasteiger partial charge in [0, 0.05) is 19.2 Å². The normalized spacial score (nSPS) is 11.4. The van der Waals surface area contributed by atoms with Crippen LogP contribution in [0.3, 0.4) is 0 Å². The summed E-state index contributed by atoms with van der Waals surface area (Å²) in [6.45, 7) is 4.38. The van der Waals surface area contributed by atoms with Crippen molar-refractivity contribution in [1.29, 1.82) is 0 Å². The fraction of sp³-hybridized carbons (Fsp3) is 0.368. The highest BCUT2D eigenvalue weighted by Gasteiger charge is 2.21. The Morgan fingerprint density at radius 2 is 1.82 bits per heavy atom. The minimum atomic E-state index is -3.59. The lowest BCUT2D eigenvalue weighted by atomic mass is 10.2. The molecule has 7 nitrogen and oxygen atoms in total. The van der Waals surface area contributed by atoms with Gasteiger partial charge in [-0.05, 0) is 49.1 Å². The molecule has 152 valence electrons. The average molecular weight is 425 g/mol. The molecule has 1 aromatic heterocycles. The van der Waals surface area contributed by atoms with Gasteiger partial charge in [0.1, 0.15) is 5.00 Å². The van der Waals surface area contributed by atoms with Crippen LogP contribution >= 0.6 is 11.3 Å². The van der Waals surface area contributed by atoms with Gasteiger partial charge in [0.15, 0.2) is 0 Å². The molecule has 0 saturated carbocycles. The Balaban J connectivity index is 2.13. The number of carbonyl (C=O) groups excluding carboxylic acids is 2. The topological polar surface area (TPSA) is 92.8 Å². The van der Waals surface area contributed by atoms with Crippen LogP contribution in [-0.2, 0) is 14.8 Å². The van der Waals surface area contributed by atoms with Crippen LogP contribution in [-0.4, -0.2) is 44.8 Å². The van der Waals surface area contributed by atoms with Crippen molar-refractivity contribution in [3.63, 3.8) is 0 Å². The number of amides is 1. The fourth-order valence-electron chi connectivity index (χ4n) is 2.41. The van der Waals surface area contributed by atoms with E-state index >= 15 is 0 Å². The monoisotopic (exact) mass is 424 g/mol. The summed E-state index contributed by atoms with van der Waals surface area (Å²) in [5.41, 5.74) is 0.579. The molecule has 9 heteroatoms. The lowest BCUT2D eigenvalue weighted by Crippen LogP contribution is -2.28. The lowest BCUT2D eigenvalue weighted by molar-refractivity contribution is 0.0528. The number of hydrogen-bond donors (Lipinski definition) is 1. The van der Waals surface area contributed by atoms with Crippen LogP contribution in [0.15, 0.2) is 40.6 Å².